The predicted octanol–water partition coefficient (Wildman–Crippen LogP) is -0.577. The van der Waals surface area contributed by atoms with Crippen LogP contribution in [0.2, 0.25) is 6.04 Å². The Balaban J connectivity index is 3.65. The van der Waals surface area contributed by atoms with Gasteiger partial charge >= 0.3 is 9.28 Å². The van der Waals surface area contributed by atoms with E-state index in [4.69, 9.17) is 20.3 Å². The number of hydrogen-bond acceptors (Lipinski definition) is 4. The standard InChI is InChI=1S/C7H20N2O2Si/c1-10-12(11-2)6-7(5-9)3-4-8/h7,12H,3-6,8-9H2,1-2H3. The van der Waals surface area contributed by atoms with Gasteiger partial charge in [0.1, 0.15) is 0 Å². The first-order valence-corrected chi connectivity index (χ1v) is 6.00. The summed E-state index contributed by atoms with van der Waals surface area (Å²) in [5.41, 5.74) is 11.0. The Bertz CT molecular complexity index is 101. The van der Waals surface area contributed by atoms with Crippen LogP contribution in [0.3, 0.4) is 0 Å². The van der Waals surface area contributed by atoms with Crippen LogP contribution in [0.1, 0.15) is 6.42 Å². The smallest absolute Gasteiger partial charge is 0.321 e. The van der Waals surface area contributed by atoms with E-state index in [0.717, 1.165) is 12.5 Å². The van der Waals surface area contributed by atoms with E-state index >= 15 is 0 Å². The van der Waals surface area contributed by atoms with E-state index in [1.54, 1.807) is 14.2 Å². The zero-order chi connectivity index (χ0) is 9.40. The molecule has 1 unspecified atom stereocenters. The zero-order valence-corrected chi connectivity index (χ0v) is 9.11. The van der Waals surface area contributed by atoms with Crippen LogP contribution in [0, 0.1) is 5.92 Å². The monoisotopic (exact) mass is 192 g/mol. The molecule has 0 aromatic carbocycles. The van der Waals surface area contributed by atoms with Gasteiger partial charge in [-0.15, -0.1) is 0 Å². The third-order valence-corrected chi connectivity index (χ3v) is 4.06. The summed E-state index contributed by atoms with van der Waals surface area (Å²) in [6, 6.07) is 0.959. The molecule has 0 amide bonds. The van der Waals surface area contributed by atoms with E-state index in [-0.39, 0.29) is 0 Å². The molecule has 74 valence electrons. The molecule has 0 aliphatic rings. The Morgan fingerprint density at radius 3 is 2.17 bits per heavy atom. The maximum Gasteiger partial charge on any atom is 0.321 e. The van der Waals surface area contributed by atoms with Gasteiger partial charge in [-0.3, -0.25) is 0 Å². The molecule has 0 radical (unpaired) electrons. The molecule has 0 saturated carbocycles. The zero-order valence-electron chi connectivity index (χ0n) is 7.95. The minimum atomic E-state index is -1.43. The Kier molecular flexibility index (Phi) is 7.73. The van der Waals surface area contributed by atoms with Crippen molar-refractivity contribution in [3.63, 3.8) is 0 Å². The fourth-order valence-electron chi connectivity index (χ4n) is 1.13. The van der Waals surface area contributed by atoms with Gasteiger partial charge in [0.15, 0.2) is 0 Å². The van der Waals surface area contributed by atoms with E-state index in [2.05, 4.69) is 0 Å². The van der Waals surface area contributed by atoms with Gasteiger partial charge in [0.2, 0.25) is 0 Å². The highest BCUT2D eigenvalue weighted by Crippen LogP contribution is 2.10. The van der Waals surface area contributed by atoms with Crippen LogP contribution in [0.25, 0.3) is 0 Å². The number of rotatable bonds is 7. The van der Waals surface area contributed by atoms with Gasteiger partial charge in [0.25, 0.3) is 0 Å². The van der Waals surface area contributed by atoms with Crippen molar-refractivity contribution in [2.24, 2.45) is 17.4 Å². The van der Waals surface area contributed by atoms with E-state index in [1.807, 2.05) is 0 Å². The summed E-state index contributed by atoms with van der Waals surface area (Å²) in [6.45, 7) is 1.36. The summed E-state index contributed by atoms with van der Waals surface area (Å²) in [5.74, 6) is 0.464. The lowest BCUT2D eigenvalue weighted by molar-refractivity contribution is 0.269. The molecule has 0 aromatic rings. The Morgan fingerprint density at radius 2 is 1.83 bits per heavy atom. The molecule has 1 atom stereocenters. The summed E-state index contributed by atoms with van der Waals surface area (Å²) < 4.78 is 10.4. The highest BCUT2D eigenvalue weighted by atomic mass is 28.3. The van der Waals surface area contributed by atoms with Crippen LogP contribution in [0.5, 0.6) is 0 Å². The highest BCUT2D eigenvalue weighted by molar-refractivity contribution is 6.44. The van der Waals surface area contributed by atoms with E-state index in [9.17, 15) is 0 Å². The van der Waals surface area contributed by atoms with Crippen molar-refractivity contribution >= 4 is 9.28 Å². The minimum Gasteiger partial charge on any atom is -0.400 e. The molecule has 0 fully saturated rings. The maximum atomic E-state index is 5.57. The second-order valence-electron chi connectivity index (χ2n) is 2.82. The minimum absolute atomic E-state index is 0.464. The molecular formula is C7H20N2O2Si. The van der Waals surface area contributed by atoms with Gasteiger partial charge in [-0.1, -0.05) is 0 Å². The van der Waals surface area contributed by atoms with Gasteiger partial charge in [-0.25, -0.2) is 0 Å². The largest absolute Gasteiger partial charge is 0.400 e. The summed E-state index contributed by atoms with van der Waals surface area (Å²) in [7, 11) is 1.95. The molecule has 0 spiro atoms. The molecule has 0 rings (SSSR count). The van der Waals surface area contributed by atoms with Gasteiger partial charge in [-0.05, 0) is 31.5 Å². The average Bonchev–Trinajstić information content (AvgIpc) is 2.12. The second kappa shape index (κ2) is 7.69. The molecule has 5 heteroatoms. The van der Waals surface area contributed by atoms with Gasteiger partial charge in [-0.2, -0.15) is 0 Å². The van der Waals surface area contributed by atoms with Crippen molar-refractivity contribution in [1.29, 1.82) is 0 Å². The first kappa shape index (κ1) is 12.1. The molecule has 0 aromatic heterocycles. The van der Waals surface area contributed by atoms with Crippen molar-refractivity contribution in [3.05, 3.63) is 0 Å². The molecule has 4 nitrogen and oxygen atoms in total. The quantitative estimate of drug-likeness (QED) is 0.530. The highest BCUT2D eigenvalue weighted by Gasteiger charge is 2.16. The lowest BCUT2D eigenvalue weighted by Crippen LogP contribution is -2.28. The SMILES string of the molecule is CO[SiH](CC(CN)CCN)OC. The van der Waals surface area contributed by atoms with Gasteiger partial charge in [0.05, 0.1) is 0 Å². The van der Waals surface area contributed by atoms with Crippen molar-refractivity contribution in [2.45, 2.75) is 12.5 Å². The van der Waals surface area contributed by atoms with E-state index in [0.29, 0.717) is 19.0 Å². The first-order chi connectivity index (χ1) is 5.78. The van der Waals surface area contributed by atoms with Gasteiger partial charge < -0.3 is 20.3 Å². The van der Waals surface area contributed by atoms with Crippen LogP contribution in [0.15, 0.2) is 0 Å². The Labute approximate surface area is 76.1 Å². The third kappa shape index (κ3) is 4.84. The lowest BCUT2D eigenvalue weighted by atomic mass is 10.1. The van der Waals surface area contributed by atoms with Crippen molar-refractivity contribution in [2.75, 3.05) is 27.3 Å². The summed E-state index contributed by atoms with van der Waals surface area (Å²) in [4.78, 5) is 0. The van der Waals surface area contributed by atoms with Crippen molar-refractivity contribution < 1.29 is 8.85 Å². The van der Waals surface area contributed by atoms with Crippen LogP contribution in [0.4, 0.5) is 0 Å². The number of nitrogens with two attached hydrogens (primary N) is 2. The molecular weight excluding hydrogens is 172 g/mol. The number of hydrogen-bond donors (Lipinski definition) is 2. The lowest BCUT2D eigenvalue weighted by Gasteiger charge is -2.17. The summed E-state index contributed by atoms with van der Waals surface area (Å²) >= 11 is 0. The first-order valence-electron chi connectivity index (χ1n) is 4.24. The van der Waals surface area contributed by atoms with Crippen molar-refractivity contribution in [1.82, 2.24) is 0 Å². The molecule has 0 saturated heterocycles. The summed E-state index contributed by atoms with van der Waals surface area (Å²) in [6.07, 6.45) is 0.965. The molecule has 12 heavy (non-hydrogen) atoms. The average molecular weight is 192 g/mol. The second-order valence-corrected chi connectivity index (χ2v) is 5.09. The van der Waals surface area contributed by atoms with Crippen molar-refractivity contribution in [3.8, 4) is 0 Å². The maximum absolute atomic E-state index is 5.57. The molecule has 0 bridgehead atoms. The normalized spacial score (nSPS) is 13.8. The Morgan fingerprint density at radius 1 is 1.25 bits per heavy atom. The van der Waals surface area contributed by atoms with Gasteiger partial charge in [0, 0.05) is 14.2 Å². The fraction of sp³-hybridized carbons (Fsp3) is 1.00. The molecule has 0 aliphatic heterocycles. The predicted molar refractivity (Wildman–Crippen MR) is 52.2 cm³/mol. The van der Waals surface area contributed by atoms with Crippen LogP contribution in [-0.4, -0.2) is 36.6 Å². The summed E-state index contributed by atoms with van der Waals surface area (Å²) in [5, 5.41) is 0. The molecule has 0 heterocycles. The van der Waals surface area contributed by atoms with Crippen LogP contribution in [-0.2, 0) is 8.85 Å². The van der Waals surface area contributed by atoms with Crippen LogP contribution >= 0.6 is 0 Å². The molecule has 0 aliphatic carbocycles. The van der Waals surface area contributed by atoms with E-state index in [1.165, 1.54) is 0 Å². The Hall–Kier alpha value is 0.0569. The van der Waals surface area contributed by atoms with E-state index < -0.39 is 9.28 Å². The van der Waals surface area contributed by atoms with Crippen LogP contribution < -0.4 is 11.5 Å². The fourth-order valence-corrected chi connectivity index (χ4v) is 2.68. The topological polar surface area (TPSA) is 70.5 Å². The third-order valence-electron chi connectivity index (χ3n) is 1.96. The molecule has 4 N–H and O–H groups in total.